The van der Waals surface area contributed by atoms with E-state index >= 15 is 0 Å². The Hall–Kier alpha value is -2.18. The molecule has 21 heavy (non-hydrogen) atoms. The lowest BCUT2D eigenvalue weighted by molar-refractivity contribution is -0.119. The fourth-order valence-corrected chi connectivity index (χ4v) is 2.35. The van der Waals surface area contributed by atoms with E-state index in [1.165, 1.54) is 0 Å². The first kappa shape index (κ1) is 13.8. The molecule has 2 fully saturated rings. The summed E-state index contributed by atoms with van der Waals surface area (Å²) in [6.45, 7) is 4.11. The van der Waals surface area contributed by atoms with Gasteiger partial charge in [0.25, 0.3) is 5.91 Å². The Kier molecular flexibility index (Phi) is 3.72. The number of nitrogens with one attached hydrogen (secondary N) is 1. The van der Waals surface area contributed by atoms with Gasteiger partial charge < -0.3 is 15.1 Å². The number of carbonyl (C=O) groups is 2. The van der Waals surface area contributed by atoms with Crippen LogP contribution in [0.25, 0.3) is 0 Å². The van der Waals surface area contributed by atoms with Crippen LogP contribution in [0.1, 0.15) is 29.0 Å². The van der Waals surface area contributed by atoms with Gasteiger partial charge in [0.1, 0.15) is 5.69 Å². The van der Waals surface area contributed by atoms with Crippen LogP contribution >= 0.6 is 0 Å². The van der Waals surface area contributed by atoms with Gasteiger partial charge in [-0.2, -0.15) is 0 Å². The monoisotopic (exact) mass is 289 g/mol. The first-order valence-corrected chi connectivity index (χ1v) is 7.26. The third-order valence-corrected chi connectivity index (χ3v) is 3.73. The number of hydrogen-bond acceptors (Lipinski definition) is 5. The summed E-state index contributed by atoms with van der Waals surface area (Å²) in [5.74, 6) is 0.442. The molecule has 0 radical (unpaired) electrons. The van der Waals surface area contributed by atoms with Gasteiger partial charge in [0.2, 0.25) is 12.4 Å². The number of anilines is 1. The molecule has 0 aromatic carbocycles. The lowest BCUT2D eigenvalue weighted by atomic mass is 10.2. The van der Waals surface area contributed by atoms with Gasteiger partial charge in [-0.15, -0.1) is 0 Å². The van der Waals surface area contributed by atoms with Crippen LogP contribution in [-0.4, -0.2) is 64.3 Å². The molecule has 0 bridgehead atoms. The molecule has 0 spiro atoms. The van der Waals surface area contributed by atoms with Crippen LogP contribution in [0.2, 0.25) is 0 Å². The zero-order valence-corrected chi connectivity index (χ0v) is 12.1. The number of hydrogen-bond donors (Lipinski definition) is 1. The van der Waals surface area contributed by atoms with Crippen molar-refractivity contribution in [1.29, 1.82) is 0 Å². The predicted molar refractivity (Wildman–Crippen MR) is 77.0 cm³/mol. The summed E-state index contributed by atoms with van der Waals surface area (Å²) in [7, 11) is 0. The highest BCUT2D eigenvalue weighted by Gasteiger charge is 2.25. The van der Waals surface area contributed by atoms with Crippen molar-refractivity contribution in [2.24, 2.45) is 0 Å². The largest absolute Gasteiger partial charge is 0.351 e. The van der Waals surface area contributed by atoms with E-state index in [0.717, 1.165) is 24.9 Å². The quantitative estimate of drug-likeness (QED) is 0.805. The molecule has 3 rings (SSSR count). The number of piperazine rings is 1. The molecule has 1 aromatic rings. The maximum atomic E-state index is 12.5. The molecule has 1 saturated heterocycles. The summed E-state index contributed by atoms with van der Waals surface area (Å²) in [6.07, 6.45) is 3.09. The first-order chi connectivity index (χ1) is 10.2. The van der Waals surface area contributed by atoms with Crippen molar-refractivity contribution in [3.05, 3.63) is 17.5 Å². The number of amides is 2. The summed E-state index contributed by atoms with van der Waals surface area (Å²) >= 11 is 0. The molecule has 2 amide bonds. The van der Waals surface area contributed by atoms with E-state index in [1.807, 2.05) is 6.92 Å². The highest BCUT2D eigenvalue weighted by molar-refractivity contribution is 5.92. The number of aryl methyl sites for hydroxylation is 1. The minimum absolute atomic E-state index is 0.0927. The molecule has 1 aromatic heterocycles. The van der Waals surface area contributed by atoms with Crippen molar-refractivity contribution in [3.8, 4) is 0 Å². The van der Waals surface area contributed by atoms with E-state index in [9.17, 15) is 9.59 Å². The average Bonchev–Trinajstić information content (AvgIpc) is 3.30. The molecule has 2 aliphatic rings. The third kappa shape index (κ3) is 3.29. The smallest absolute Gasteiger partial charge is 0.272 e. The molecule has 1 aliphatic carbocycles. The Bertz CT molecular complexity index is 550. The Balaban J connectivity index is 1.71. The molecule has 0 unspecified atom stereocenters. The van der Waals surface area contributed by atoms with Gasteiger partial charge in [0, 0.05) is 37.9 Å². The van der Waals surface area contributed by atoms with Crippen molar-refractivity contribution in [3.63, 3.8) is 0 Å². The second-order valence-electron chi connectivity index (χ2n) is 5.57. The SMILES string of the molecule is Cc1cc(C(=O)N2CCN(C=O)CC2)nc(NC2CC2)n1. The van der Waals surface area contributed by atoms with Gasteiger partial charge in [-0.1, -0.05) is 0 Å². The van der Waals surface area contributed by atoms with E-state index in [-0.39, 0.29) is 5.91 Å². The standard InChI is InChI=1S/C14H19N5O2/c1-10-8-12(17-14(15-10)16-11-2-3-11)13(21)19-6-4-18(9-20)5-7-19/h8-9,11H,2-7H2,1H3,(H,15,16,17). The maximum absolute atomic E-state index is 12.5. The summed E-state index contributed by atoms with van der Waals surface area (Å²) in [5, 5.41) is 3.22. The van der Waals surface area contributed by atoms with Crippen molar-refractivity contribution < 1.29 is 9.59 Å². The van der Waals surface area contributed by atoms with E-state index in [4.69, 9.17) is 0 Å². The summed E-state index contributed by atoms with van der Waals surface area (Å²) < 4.78 is 0. The van der Waals surface area contributed by atoms with Crippen molar-refractivity contribution in [1.82, 2.24) is 19.8 Å². The van der Waals surface area contributed by atoms with E-state index < -0.39 is 0 Å². The molecule has 7 heteroatoms. The number of rotatable bonds is 4. The molecule has 2 heterocycles. The average molecular weight is 289 g/mol. The topological polar surface area (TPSA) is 78.4 Å². The normalized spacial score (nSPS) is 18.5. The fraction of sp³-hybridized carbons (Fsp3) is 0.571. The van der Waals surface area contributed by atoms with Gasteiger partial charge in [0.05, 0.1) is 0 Å². The number of carbonyl (C=O) groups excluding carboxylic acids is 2. The van der Waals surface area contributed by atoms with Crippen LogP contribution in [0.5, 0.6) is 0 Å². The molecular formula is C14H19N5O2. The van der Waals surface area contributed by atoms with Crippen LogP contribution in [0, 0.1) is 6.92 Å². The van der Waals surface area contributed by atoms with E-state index in [2.05, 4.69) is 15.3 Å². The summed E-state index contributed by atoms with van der Waals surface area (Å²) in [6, 6.07) is 2.16. The molecule has 0 atom stereocenters. The predicted octanol–water partition coefficient (Wildman–Crippen LogP) is 0.274. The van der Waals surface area contributed by atoms with Crippen molar-refractivity contribution in [2.75, 3.05) is 31.5 Å². The minimum Gasteiger partial charge on any atom is -0.351 e. The molecule has 1 saturated carbocycles. The summed E-state index contributed by atoms with van der Waals surface area (Å²) in [4.78, 5) is 35.3. The molecule has 1 N–H and O–H groups in total. The van der Waals surface area contributed by atoms with Crippen LogP contribution < -0.4 is 5.32 Å². The van der Waals surface area contributed by atoms with Crippen LogP contribution in [0.3, 0.4) is 0 Å². The van der Waals surface area contributed by atoms with Gasteiger partial charge >= 0.3 is 0 Å². The van der Waals surface area contributed by atoms with Gasteiger partial charge in [-0.25, -0.2) is 9.97 Å². The van der Waals surface area contributed by atoms with Crippen molar-refractivity contribution in [2.45, 2.75) is 25.8 Å². The Morgan fingerprint density at radius 1 is 1.29 bits per heavy atom. The van der Waals surface area contributed by atoms with Crippen LogP contribution in [0.4, 0.5) is 5.95 Å². The highest BCUT2D eigenvalue weighted by atomic mass is 16.2. The highest BCUT2D eigenvalue weighted by Crippen LogP contribution is 2.23. The zero-order chi connectivity index (χ0) is 14.8. The van der Waals surface area contributed by atoms with Crippen molar-refractivity contribution >= 4 is 18.3 Å². The number of nitrogens with zero attached hydrogens (tertiary/aromatic N) is 4. The zero-order valence-electron chi connectivity index (χ0n) is 12.1. The Morgan fingerprint density at radius 3 is 2.62 bits per heavy atom. The molecule has 7 nitrogen and oxygen atoms in total. The van der Waals surface area contributed by atoms with Gasteiger partial charge in [0.15, 0.2) is 0 Å². The molecule has 1 aliphatic heterocycles. The maximum Gasteiger partial charge on any atom is 0.272 e. The van der Waals surface area contributed by atoms with E-state index in [1.54, 1.807) is 15.9 Å². The Morgan fingerprint density at radius 2 is 2.00 bits per heavy atom. The second kappa shape index (κ2) is 5.67. The lowest BCUT2D eigenvalue weighted by Gasteiger charge is -2.32. The van der Waals surface area contributed by atoms with Crippen LogP contribution in [-0.2, 0) is 4.79 Å². The second-order valence-corrected chi connectivity index (χ2v) is 5.57. The lowest BCUT2D eigenvalue weighted by Crippen LogP contribution is -2.48. The van der Waals surface area contributed by atoms with Gasteiger partial charge in [-0.05, 0) is 25.8 Å². The molecular weight excluding hydrogens is 270 g/mol. The Labute approximate surface area is 123 Å². The van der Waals surface area contributed by atoms with E-state index in [0.29, 0.717) is 43.9 Å². The summed E-state index contributed by atoms with van der Waals surface area (Å²) in [5.41, 5.74) is 1.20. The molecule has 112 valence electrons. The number of aromatic nitrogens is 2. The minimum atomic E-state index is -0.0927. The van der Waals surface area contributed by atoms with Crippen LogP contribution in [0.15, 0.2) is 6.07 Å². The fourth-order valence-electron chi connectivity index (χ4n) is 2.35. The third-order valence-electron chi connectivity index (χ3n) is 3.73. The first-order valence-electron chi connectivity index (χ1n) is 7.26. The van der Waals surface area contributed by atoms with Gasteiger partial charge in [-0.3, -0.25) is 9.59 Å².